The average Bonchev–Trinajstić information content (AvgIpc) is 3.21. The lowest BCUT2D eigenvalue weighted by molar-refractivity contribution is 0.1000. The SMILES string of the molecule is CC(CCc1ccc(C(N)=O)cc1)CNCC(O)COc1cccc2[nH]c3ccccc3c12. The molecule has 0 radical (unpaired) electrons. The van der Waals surface area contributed by atoms with Crippen molar-refractivity contribution < 1.29 is 14.6 Å². The van der Waals surface area contributed by atoms with E-state index in [2.05, 4.69) is 29.4 Å². The molecule has 0 saturated heterocycles. The van der Waals surface area contributed by atoms with Gasteiger partial charge in [-0.1, -0.05) is 43.3 Å². The fraction of sp³-hybridized carbons (Fsp3) is 0.296. The minimum atomic E-state index is -0.598. The summed E-state index contributed by atoms with van der Waals surface area (Å²) in [6, 6.07) is 21.5. The number of primary amides is 1. The molecule has 0 aliphatic rings. The largest absolute Gasteiger partial charge is 0.490 e. The number of aromatic amines is 1. The van der Waals surface area contributed by atoms with E-state index in [9.17, 15) is 9.90 Å². The van der Waals surface area contributed by atoms with Crippen LogP contribution >= 0.6 is 0 Å². The van der Waals surface area contributed by atoms with Crippen molar-refractivity contribution in [3.05, 3.63) is 77.9 Å². The van der Waals surface area contributed by atoms with E-state index in [1.165, 1.54) is 5.56 Å². The molecule has 5 N–H and O–H groups in total. The van der Waals surface area contributed by atoms with Gasteiger partial charge in [0, 0.05) is 28.4 Å². The Morgan fingerprint density at radius 3 is 2.58 bits per heavy atom. The number of ether oxygens (including phenoxy) is 1. The lowest BCUT2D eigenvalue weighted by atomic mass is 10.00. The van der Waals surface area contributed by atoms with Crippen molar-refractivity contribution in [3.63, 3.8) is 0 Å². The molecule has 0 aliphatic heterocycles. The van der Waals surface area contributed by atoms with E-state index in [0.29, 0.717) is 18.0 Å². The molecule has 6 heteroatoms. The molecule has 3 aromatic carbocycles. The van der Waals surface area contributed by atoms with Crippen LogP contribution in [0.1, 0.15) is 29.3 Å². The number of nitrogens with one attached hydrogen (secondary N) is 2. The minimum absolute atomic E-state index is 0.228. The van der Waals surface area contributed by atoms with Crippen molar-refractivity contribution in [2.45, 2.75) is 25.9 Å². The zero-order chi connectivity index (χ0) is 23.2. The van der Waals surface area contributed by atoms with Crippen LogP contribution in [0.5, 0.6) is 5.75 Å². The maximum absolute atomic E-state index is 11.2. The van der Waals surface area contributed by atoms with Gasteiger partial charge in [-0.25, -0.2) is 0 Å². The molecule has 172 valence electrons. The van der Waals surface area contributed by atoms with Crippen molar-refractivity contribution in [1.82, 2.24) is 10.3 Å². The highest BCUT2D eigenvalue weighted by atomic mass is 16.5. The highest BCUT2D eigenvalue weighted by Gasteiger charge is 2.12. The van der Waals surface area contributed by atoms with Gasteiger partial charge >= 0.3 is 0 Å². The summed E-state index contributed by atoms with van der Waals surface area (Å²) in [5, 5.41) is 15.9. The molecule has 4 aromatic rings. The van der Waals surface area contributed by atoms with E-state index in [4.69, 9.17) is 10.5 Å². The molecule has 4 rings (SSSR count). The van der Waals surface area contributed by atoms with Crippen molar-refractivity contribution in [1.29, 1.82) is 0 Å². The third kappa shape index (κ3) is 5.72. The molecular weight excluding hydrogens is 414 g/mol. The third-order valence-electron chi connectivity index (χ3n) is 5.96. The molecule has 0 bridgehead atoms. The molecule has 1 heterocycles. The van der Waals surface area contributed by atoms with Gasteiger partial charge in [-0.3, -0.25) is 4.79 Å². The number of carbonyl (C=O) groups is 1. The van der Waals surface area contributed by atoms with E-state index in [1.54, 1.807) is 12.1 Å². The molecule has 2 unspecified atom stereocenters. The second-order valence-electron chi connectivity index (χ2n) is 8.68. The van der Waals surface area contributed by atoms with Crippen LogP contribution in [0.25, 0.3) is 21.8 Å². The first-order valence-electron chi connectivity index (χ1n) is 11.4. The molecule has 0 saturated carbocycles. The fourth-order valence-electron chi connectivity index (χ4n) is 4.08. The summed E-state index contributed by atoms with van der Waals surface area (Å²) in [6.07, 6.45) is 1.35. The van der Waals surface area contributed by atoms with Gasteiger partial charge in [0.05, 0.1) is 5.52 Å². The van der Waals surface area contributed by atoms with Crippen LogP contribution in [0.3, 0.4) is 0 Å². The van der Waals surface area contributed by atoms with E-state index >= 15 is 0 Å². The van der Waals surface area contributed by atoms with Crippen LogP contribution in [0, 0.1) is 5.92 Å². The number of aliphatic hydroxyl groups is 1. The predicted molar refractivity (Wildman–Crippen MR) is 133 cm³/mol. The molecule has 0 aliphatic carbocycles. The highest BCUT2D eigenvalue weighted by molar-refractivity contribution is 6.10. The number of hydrogen-bond donors (Lipinski definition) is 4. The van der Waals surface area contributed by atoms with Crippen LogP contribution in [0.15, 0.2) is 66.7 Å². The molecule has 33 heavy (non-hydrogen) atoms. The van der Waals surface area contributed by atoms with Gasteiger partial charge in [0.15, 0.2) is 0 Å². The van der Waals surface area contributed by atoms with E-state index in [-0.39, 0.29) is 6.61 Å². The molecule has 0 spiro atoms. The van der Waals surface area contributed by atoms with Crippen LogP contribution in [-0.2, 0) is 6.42 Å². The predicted octanol–water partition coefficient (Wildman–Crippen LogP) is 4.02. The molecular formula is C27H31N3O3. The first-order chi connectivity index (χ1) is 16.0. The lowest BCUT2D eigenvalue weighted by Gasteiger charge is -2.16. The van der Waals surface area contributed by atoms with Gasteiger partial charge < -0.3 is 25.9 Å². The Kier molecular flexibility index (Phi) is 7.27. The molecule has 2 atom stereocenters. The van der Waals surface area contributed by atoms with E-state index < -0.39 is 12.0 Å². The second-order valence-corrected chi connectivity index (χ2v) is 8.68. The Hall–Kier alpha value is -3.35. The molecule has 6 nitrogen and oxygen atoms in total. The normalized spacial score (nSPS) is 13.3. The number of rotatable bonds is 11. The summed E-state index contributed by atoms with van der Waals surface area (Å²) in [5.41, 5.74) is 9.10. The number of fused-ring (bicyclic) bond motifs is 3. The van der Waals surface area contributed by atoms with Gasteiger partial charge in [0.1, 0.15) is 18.5 Å². The summed E-state index contributed by atoms with van der Waals surface area (Å²) in [5.74, 6) is 0.827. The Morgan fingerprint density at radius 1 is 1.03 bits per heavy atom. The lowest BCUT2D eigenvalue weighted by Crippen LogP contribution is -2.33. The number of carbonyl (C=O) groups excluding carboxylic acids is 1. The highest BCUT2D eigenvalue weighted by Crippen LogP contribution is 2.32. The Morgan fingerprint density at radius 2 is 1.79 bits per heavy atom. The van der Waals surface area contributed by atoms with Crippen LogP contribution < -0.4 is 15.8 Å². The van der Waals surface area contributed by atoms with Crippen LogP contribution in [0.4, 0.5) is 0 Å². The smallest absolute Gasteiger partial charge is 0.248 e. The summed E-state index contributed by atoms with van der Waals surface area (Å²) in [7, 11) is 0. The Bertz CT molecular complexity index is 1220. The van der Waals surface area contributed by atoms with Crippen molar-refractivity contribution >= 4 is 27.7 Å². The number of aromatic nitrogens is 1. The zero-order valence-corrected chi connectivity index (χ0v) is 18.9. The van der Waals surface area contributed by atoms with Crippen molar-refractivity contribution in [3.8, 4) is 5.75 Å². The average molecular weight is 446 g/mol. The maximum atomic E-state index is 11.2. The van der Waals surface area contributed by atoms with Gasteiger partial charge in [0.25, 0.3) is 0 Å². The number of nitrogens with two attached hydrogens (primary N) is 1. The number of hydrogen-bond acceptors (Lipinski definition) is 4. The van der Waals surface area contributed by atoms with E-state index in [1.807, 2.05) is 42.5 Å². The third-order valence-corrected chi connectivity index (χ3v) is 5.96. The number of amides is 1. The van der Waals surface area contributed by atoms with Gasteiger partial charge in [-0.05, 0) is 61.2 Å². The Labute approximate surface area is 193 Å². The van der Waals surface area contributed by atoms with Gasteiger partial charge in [0.2, 0.25) is 5.91 Å². The van der Waals surface area contributed by atoms with Gasteiger partial charge in [-0.2, -0.15) is 0 Å². The fourth-order valence-corrected chi connectivity index (χ4v) is 4.08. The van der Waals surface area contributed by atoms with Crippen molar-refractivity contribution in [2.75, 3.05) is 19.7 Å². The summed E-state index contributed by atoms with van der Waals surface area (Å²) in [6.45, 7) is 3.70. The van der Waals surface area contributed by atoms with E-state index in [0.717, 1.165) is 46.9 Å². The summed E-state index contributed by atoms with van der Waals surface area (Å²) in [4.78, 5) is 14.6. The molecule has 1 aromatic heterocycles. The number of aliphatic hydroxyl groups excluding tert-OH is 1. The number of H-pyrrole nitrogens is 1. The number of aryl methyl sites for hydroxylation is 1. The van der Waals surface area contributed by atoms with Gasteiger partial charge in [-0.15, -0.1) is 0 Å². The maximum Gasteiger partial charge on any atom is 0.248 e. The zero-order valence-electron chi connectivity index (χ0n) is 18.9. The number of para-hydroxylation sites is 1. The monoisotopic (exact) mass is 445 g/mol. The summed E-state index contributed by atoms with van der Waals surface area (Å²) >= 11 is 0. The first-order valence-corrected chi connectivity index (χ1v) is 11.4. The second kappa shape index (κ2) is 10.5. The standard InChI is InChI=1S/C27H31N3O3/c1-18(9-10-19-11-13-20(14-12-19)27(28)32)15-29-16-21(31)17-33-25-8-4-7-24-26(25)22-5-2-3-6-23(22)30-24/h2-8,11-14,18,21,29-31H,9-10,15-17H2,1H3,(H2,28,32). The Balaban J connectivity index is 1.21. The minimum Gasteiger partial charge on any atom is -0.490 e. The molecule has 0 fully saturated rings. The summed E-state index contributed by atoms with van der Waals surface area (Å²) < 4.78 is 5.99. The quantitative estimate of drug-likeness (QED) is 0.280. The topological polar surface area (TPSA) is 100 Å². The van der Waals surface area contributed by atoms with Crippen LogP contribution in [0.2, 0.25) is 0 Å². The molecule has 1 amide bonds. The number of benzene rings is 3. The first kappa shape index (κ1) is 22.8. The van der Waals surface area contributed by atoms with Crippen LogP contribution in [-0.4, -0.2) is 41.8 Å². The van der Waals surface area contributed by atoms with Crippen molar-refractivity contribution in [2.24, 2.45) is 11.7 Å².